The van der Waals surface area contributed by atoms with Crippen molar-refractivity contribution in [2.45, 2.75) is 131 Å². The van der Waals surface area contributed by atoms with Crippen LogP contribution in [0.5, 0.6) is 5.75 Å². The van der Waals surface area contributed by atoms with E-state index in [9.17, 15) is 24.9 Å². The van der Waals surface area contributed by atoms with Crippen molar-refractivity contribution in [2.24, 2.45) is 16.7 Å². The van der Waals surface area contributed by atoms with Crippen LogP contribution >= 0.6 is 0 Å². The van der Waals surface area contributed by atoms with Crippen molar-refractivity contribution in [1.82, 2.24) is 0 Å². The monoisotopic (exact) mass is 576 g/mol. The van der Waals surface area contributed by atoms with Gasteiger partial charge in [0.05, 0.1) is 5.57 Å². The van der Waals surface area contributed by atoms with Crippen LogP contribution in [0.3, 0.4) is 0 Å². The van der Waals surface area contributed by atoms with E-state index >= 15 is 0 Å². The molecule has 0 heterocycles. The maximum atomic E-state index is 13.8. The van der Waals surface area contributed by atoms with Crippen LogP contribution in [0.15, 0.2) is 35.1 Å². The maximum absolute atomic E-state index is 13.8. The lowest BCUT2D eigenvalue weighted by molar-refractivity contribution is -0.157. The smallest absolute Gasteiger partial charge is 0.206 e. The van der Waals surface area contributed by atoms with Gasteiger partial charge in [0.1, 0.15) is 11.5 Å². The SMILES string of the molecule is C=C1C2=C(O)[C@@]3(O)C(=O)C(C(C)=O)=C(C)C[C@@]3(C)C[C@@]2(C)Cc2c(C(C)C)cc(CC(CCCC)CCCC)c(O)c21. The number of carbonyl (C=O) groups excluding carboxylic acids is 2. The molecule has 3 aliphatic rings. The third kappa shape index (κ3) is 4.90. The first kappa shape index (κ1) is 32.3. The Morgan fingerprint density at radius 1 is 1.07 bits per heavy atom. The lowest BCUT2D eigenvalue weighted by atomic mass is 9.47. The predicted octanol–water partition coefficient (Wildman–Crippen LogP) is 8.46. The molecular formula is C37H52O5. The van der Waals surface area contributed by atoms with Gasteiger partial charge in [-0.25, -0.2) is 0 Å². The molecule has 4 rings (SSSR count). The first-order valence-electron chi connectivity index (χ1n) is 16.1. The summed E-state index contributed by atoms with van der Waals surface area (Å²) in [6, 6.07) is 2.20. The second-order valence-electron chi connectivity index (χ2n) is 14.4. The summed E-state index contributed by atoms with van der Waals surface area (Å²) >= 11 is 0. The van der Waals surface area contributed by atoms with Gasteiger partial charge < -0.3 is 15.3 Å². The molecule has 0 unspecified atom stereocenters. The Hall–Kier alpha value is -2.66. The van der Waals surface area contributed by atoms with Gasteiger partial charge >= 0.3 is 0 Å². The number of fused-ring (bicyclic) bond motifs is 3. The minimum absolute atomic E-state index is 0.0232. The van der Waals surface area contributed by atoms with E-state index in [1.165, 1.54) is 12.5 Å². The first-order chi connectivity index (χ1) is 19.6. The van der Waals surface area contributed by atoms with Crippen molar-refractivity contribution in [3.05, 3.63) is 57.4 Å². The van der Waals surface area contributed by atoms with E-state index in [2.05, 4.69) is 47.3 Å². The zero-order chi connectivity index (χ0) is 31.4. The number of ketones is 2. The van der Waals surface area contributed by atoms with Crippen LogP contribution in [0.4, 0.5) is 0 Å². The van der Waals surface area contributed by atoms with E-state index in [1.54, 1.807) is 6.92 Å². The number of hydrogen-bond acceptors (Lipinski definition) is 5. The molecule has 3 atom stereocenters. The van der Waals surface area contributed by atoms with Gasteiger partial charge in [0.25, 0.3) is 0 Å². The van der Waals surface area contributed by atoms with Crippen molar-refractivity contribution in [1.29, 1.82) is 0 Å². The number of phenols is 1. The summed E-state index contributed by atoms with van der Waals surface area (Å²) < 4.78 is 0. The lowest BCUT2D eigenvalue weighted by Gasteiger charge is -2.57. The van der Waals surface area contributed by atoms with Gasteiger partial charge in [0.15, 0.2) is 11.4 Å². The van der Waals surface area contributed by atoms with Crippen LogP contribution in [0.2, 0.25) is 0 Å². The highest BCUT2D eigenvalue weighted by atomic mass is 16.3. The largest absolute Gasteiger partial charge is 0.508 e. The van der Waals surface area contributed by atoms with Crippen LogP contribution < -0.4 is 0 Å². The topological polar surface area (TPSA) is 94.8 Å². The van der Waals surface area contributed by atoms with Gasteiger partial charge in [-0.15, -0.1) is 0 Å². The Morgan fingerprint density at radius 2 is 1.67 bits per heavy atom. The number of Topliss-reactive ketones (excluding diaryl/α,β-unsaturated/α-hetero) is 2. The van der Waals surface area contributed by atoms with Crippen LogP contribution in [-0.4, -0.2) is 32.5 Å². The fourth-order valence-corrected chi connectivity index (χ4v) is 8.71. The number of aliphatic hydroxyl groups excluding tert-OH is 1. The second-order valence-corrected chi connectivity index (χ2v) is 14.4. The van der Waals surface area contributed by atoms with Gasteiger partial charge in [-0.3, -0.25) is 9.59 Å². The van der Waals surface area contributed by atoms with Crippen LogP contribution in [-0.2, 0) is 22.4 Å². The molecule has 5 heteroatoms. The third-order valence-corrected chi connectivity index (χ3v) is 10.6. The molecule has 0 bridgehead atoms. The molecule has 3 N–H and O–H groups in total. The summed E-state index contributed by atoms with van der Waals surface area (Å²) in [5.74, 6) is -0.659. The van der Waals surface area contributed by atoms with Crippen molar-refractivity contribution in [3.8, 4) is 5.75 Å². The van der Waals surface area contributed by atoms with Crippen LogP contribution in [0, 0.1) is 16.7 Å². The van der Waals surface area contributed by atoms with E-state index in [0.29, 0.717) is 47.5 Å². The van der Waals surface area contributed by atoms with Crippen LogP contribution in [0.1, 0.15) is 135 Å². The highest BCUT2D eigenvalue weighted by molar-refractivity contribution is 6.24. The molecule has 0 aromatic heterocycles. The third-order valence-electron chi connectivity index (χ3n) is 10.6. The molecular weight excluding hydrogens is 524 g/mol. The van der Waals surface area contributed by atoms with Gasteiger partial charge in [-0.05, 0) is 73.6 Å². The average Bonchev–Trinajstić information content (AvgIpc) is 2.88. The van der Waals surface area contributed by atoms with Gasteiger partial charge in [-0.2, -0.15) is 0 Å². The Morgan fingerprint density at radius 3 is 2.19 bits per heavy atom. The minimum atomic E-state index is -2.23. The number of aromatic hydroxyl groups is 1. The molecule has 1 aromatic rings. The number of phenolic OH excluding ortho intramolecular Hbond substituents is 1. The normalized spacial score (nSPS) is 27.5. The van der Waals surface area contributed by atoms with E-state index in [1.807, 2.05) is 6.92 Å². The number of hydrogen-bond donors (Lipinski definition) is 3. The lowest BCUT2D eigenvalue weighted by Crippen LogP contribution is -2.63. The molecule has 1 aromatic carbocycles. The Bertz CT molecular complexity index is 1370. The summed E-state index contributed by atoms with van der Waals surface area (Å²) in [4.78, 5) is 26.3. The Balaban J connectivity index is 1.92. The van der Waals surface area contributed by atoms with Crippen molar-refractivity contribution in [2.75, 3.05) is 0 Å². The number of unbranched alkanes of at least 4 members (excludes halogenated alkanes) is 2. The summed E-state index contributed by atoms with van der Waals surface area (Å²) in [6.07, 6.45) is 8.92. The fourth-order valence-electron chi connectivity index (χ4n) is 8.71. The molecule has 5 nitrogen and oxygen atoms in total. The molecule has 0 aliphatic heterocycles. The number of carbonyl (C=O) groups is 2. The Kier molecular flexibility index (Phi) is 8.79. The molecule has 0 fully saturated rings. The van der Waals surface area contributed by atoms with E-state index in [0.717, 1.165) is 56.1 Å². The van der Waals surface area contributed by atoms with Gasteiger partial charge in [0, 0.05) is 22.0 Å². The first-order valence-corrected chi connectivity index (χ1v) is 16.1. The van der Waals surface area contributed by atoms with E-state index in [-0.39, 0.29) is 17.2 Å². The van der Waals surface area contributed by atoms with Crippen LogP contribution in [0.25, 0.3) is 5.57 Å². The molecule has 0 spiro atoms. The number of allylic oxidation sites excluding steroid dienone is 3. The zero-order valence-corrected chi connectivity index (χ0v) is 27.2. The summed E-state index contributed by atoms with van der Waals surface area (Å²) in [6.45, 7) is 20.2. The van der Waals surface area contributed by atoms with Crippen molar-refractivity contribution < 1.29 is 24.9 Å². The molecule has 0 amide bonds. The van der Waals surface area contributed by atoms with Gasteiger partial charge in [0.2, 0.25) is 5.78 Å². The Labute approximate surface area is 252 Å². The highest BCUT2D eigenvalue weighted by Gasteiger charge is 2.66. The average molecular weight is 577 g/mol. The molecule has 230 valence electrons. The molecule has 42 heavy (non-hydrogen) atoms. The quantitative estimate of drug-likeness (QED) is 0.243. The summed E-state index contributed by atoms with van der Waals surface area (Å²) in [7, 11) is 0. The minimum Gasteiger partial charge on any atom is -0.508 e. The van der Waals surface area contributed by atoms with E-state index in [4.69, 9.17) is 0 Å². The summed E-state index contributed by atoms with van der Waals surface area (Å²) in [5, 5.41) is 36.0. The molecule has 0 saturated carbocycles. The fraction of sp³-hybridized carbons (Fsp3) is 0.622. The second kappa shape index (κ2) is 11.4. The van der Waals surface area contributed by atoms with Crippen molar-refractivity contribution in [3.63, 3.8) is 0 Å². The highest BCUT2D eigenvalue weighted by Crippen LogP contribution is 2.65. The standard InChI is InChI=1S/C37H52O5/c1-10-12-14-25(15-13-11-2)16-26-17-27(21(3)4)28-19-35(8)20-36(9)18-22(5)29(24(7)38)33(40)37(36,42)34(41)31(35)23(6)30(28)32(26)39/h17,21,25,39,41-42H,6,10-16,18-20H2,1-5,7-9H3/t35-,36+,37+/m1/s1. The molecule has 0 saturated heterocycles. The van der Waals surface area contributed by atoms with Crippen molar-refractivity contribution >= 4 is 17.1 Å². The number of rotatable bonds is 10. The van der Waals surface area contributed by atoms with Gasteiger partial charge in [-0.1, -0.05) is 98.3 Å². The maximum Gasteiger partial charge on any atom is 0.206 e. The van der Waals surface area contributed by atoms with E-state index < -0.39 is 33.8 Å². The predicted molar refractivity (Wildman–Crippen MR) is 170 cm³/mol. The summed E-state index contributed by atoms with van der Waals surface area (Å²) in [5.41, 5.74) is 1.44. The molecule has 0 radical (unpaired) electrons. The number of aliphatic hydroxyl groups is 2. The zero-order valence-electron chi connectivity index (χ0n) is 27.2. The molecule has 3 aliphatic carbocycles. The number of benzene rings is 1.